The fraction of sp³-hybridized carbons (Fsp3) is 0.556. The van der Waals surface area contributed by atoms with Crippen molar-refractivity contribution in [3.05, 3.63) is 35.6 Å². The molecule has 1 aromatic heterocycles. The minimum absolute atomic E-state index is 0.425. The standard InChI is InChI=1S/C18H27NO/c1-4-7-11-15(19-13-5-2)18-14-10-8-9-12-17(14)20-16(18)6-3/h8-10,12,15,19H,4-7,11,13H2,1-3H3. The first-order valence-corrected chi connectivity index (χ1v) is 8.05. The summed E-state index contributed by atoms with van der Waals surface area (Å²) in [7, 11) is 0. The van der Waals surface area contributed by atoms with Crippen LogP contribution < -0.4 is 5.32 Å². The highest BCUT2D eigenvalue weighted by Gasteiger charge is 2.20. The van der Waals surface area contributed by atoms with Gasteiger partial charge in [0.1, 0.15) is 11.3 Å². The van der Waals surface area contributed by atoms with Crippen molar-refractivity contribution in [2.45, 2.75) is 58.9 Å². The zero-order valence-corrected chi connectivity index (χ0v) is 13.0. The minimum atomic E-state index is 0.425. The Balaban J connectivity index is 2.38. The van der Waals surface area contributed by atoms with Crippen molar-refractivity contribution in [2.75, 3.05) is 6.54 Å². The number of hydrogen-bond donors (Lipinski definition) is 1. The summed E-state index contributed by atoms with van der Waals surface area (Å²) in [6.07, 6.45) is 5.80. The van der Waals surface area contributed by atoms with Crippen LogP contribution in [0, 0.1) is 0 Å². The van der Waals surface area contributed by atoms with E-state index in [0.29, 0.717) is 6.04 Å². The van der Waals surface area contributed by atoms with Gasteiger partial charge in [-0.05, 0) is 25.5 Å². The number of benzene rings is 1. The molecule has 0 aliphatic heterocycles. The summed E-state index contributed by atoms with van der Waals surface area (Å²) in [5.74, 6) is 1.15. The van der Waals surface area contributed by atoms with Crippen molar-refractivity contribution in [1.82, 2.24) is 5.32 Å². The van der Waals surface area contributed by atoms with Crippen LogP contribution in [0.3, 0.4) is 0 Å². The van der Waals surface area contributed by atoms with Crippen molar-refractivity contribution in [2.24, 2.45) is 0 Å². The largest absolute Gasteiger partial charge is 0.461 e. The normalized spacial score (nSPS) is 12.9. The Morgan fingerprint density at radius 1 is 1.10 bits per heavy atom. The lowest BCUT2D eigenvalue weighted by atomic mass is 9.97. The molecule has 0 saturated heterocycles. The fourth-order valence-corrected chi connectivity index (χ4v) is 2.84. The topological polar surface area (TPSA) is 25.2 Å². The third kappa shape index (κ3) is 3.24. The summed E-state index contributed by atoms with van der Waals surface area (Å²) < 4.78 is 6.05. The van der Waals surface area contributed by atoms with Crippen LogP contribution >= 0.6 is 0 Å². The molecule has 2 aromatic rings. The Hall–Kier alpha value is -1.28. The van der Waals surface area contributed by atoms with Crippen LogP contribution in [0.15, 0.2) is 28.7 Å². The van der Waals surface area contributed by atoms with Crippen LogP contribution in [0.1, 0.15) is 63.8 Å². The van der Waals surface area contributed by atoms with Crippen LogP contribution in [-0.4, -0.2) is 6.54 Å². The summed E-state index contributed by atoms with van der Waals surface area (Å²) >= 11 is 0. The van der Waals surface area contributed by atoms with E-state index < -0.39 is 0 Å². The number of para-hydroxylation sites is 1. The van der Waals surface area contributed by atoms with Crippen molar-refractivity contribution in [3.8, 4) is 0 Å². The van der Waals surface area contributed by atoms with E-state index in [1.165, 1.54) is 36.6 Å². The SMILES string of the molecule is CCCCC(NCCC)c1c(CC)oc2ccccc12. The maximum atomic E-state index is 6.05. The number of rotatable bonds is 8. The van der Waals surface area contributed by atoms with Gasteiger partial charge in [0, 0.05) is 23.4 Å². The summed E-state index contributed by atoms with van der Waals surface area (Å²) in [5.41, 5.74) is 2.42. The van der Waals surface area contributed by atoms with E-state index in [-0.39, 0.29) is 0 Å². The average Bonchev–Trinajstić information content (AvgIpc) is 2.86. The highest BCUT2D eigenvalue weighted by atomic mass is 16.3. The second-order valence-corrected chi connectivity index (χ2v) is 5.44. The number of furan rings is 1. The van der Waals surface area contributed by atoms with E-state index in [1.54, 1.807) is 0 Å². The summed E-state index contributed by atoms with van der Waals surface area (Å²) in [4.78, 5) is 0. The molecule has 20 heavy (non-hydrogen) atoms. The van der Waals surface area contributed by atoms with Gasteiger partial charge in [0.2, 0.25) is 0 Å². The van der Waals surface area contributed by atoms with Crippen molar-refractivity contribution >= 4 is 11.0 Å². The molecule has 1 N–H and O–H groups in total. The van der Waals surface area contributed by atoms with Gasteiger partial charge in [-0.3, -0.25) is 0 Å². The molecular formula is C18H27NO. The number of nitrogens with one attached hydrogen (secondary N) is 1. The van der Waals surface area contributed by atoms with Crippen LogP contribution in [0.5, 0.6) is 0 Å². The van der Waals surface area contributed by atoms with Gasteiger partial charge in [-0.25, -0.2) is 0 Å². The van der Waals surface area contributed by atoms with E-state index in [2.05, 4.69) is 50.4 Å². The molecule has 0 aliphatic rings. The molecule has 0 aliphatic carbocycles. The predicted octanol–water partition coefficient (Wildman–Crippen LogP) is 5.23. The molecule has 0 fully saturated rings. The molecule has 110 valence electrons. The third-order valence-electron chi connectivity index (χ3n) is 3.87. The lowest BCUT2D eigenvalue weighted by Crippen LogP contribution is -2.22. The molecule has 1 aromatic carbocycles. The van der Waals surface area contributed by atoms with Gasteiger partial charge in [0.05, 0.1) is 0 Å². The molecule has 0 radical (unpaired) electrons. The number of unbranched alkanes of at least 4 members (excludes halogenated alkanes) is 1. The van der Waals surface area contributed by atoms with Gasteiger partial charge < -0.3 is 9.73 Å². The molecule has 1 unspecified atom stereocenters. The highest BCUT2D eigenvalue weighted by Crippen LogP contribution is 2.33. The van der Waals surface area contributed by atoms with Gasteiger partial charge in [-0.1, -0.05) is 51.8 Å². The number of hydrogen-bond acceptors (Lipinski definition) is 2. The van der Waals surface area contributed by atoms with Gasteiger partial charge in [-0.15, -0.1) is 0 Å². The first-order valence-electron chi connectivity index (χ1n) is 8.05. The zero-order valence-electron chi connectivity index (χ0n) is 13.0. The van der Waals surface area contributed by atoms with E-state index >= 15 is 0 Å². The minimum Gasteiger partial charge on any atom is -0.461 e. The van der Waals surface area contributed by atoms with E-state index in [9.17, 15) is 0 Å². The molecule has 1 heterocycles. The molecule has 2 rings (SSSR count). The number of fused-ring (bicyclic) bond motifs is 1. The Kier molecular flexibility index (Phi) is 5.66. The van der Waals surface area contributed by atoms with Crippen molar-refractivity contribution in [1.29, 1.82) is 0 Å². The highest BCUT2D eigenvalue weighted by molar-refractivity contribution is 5.82. The lowest BCUT2D eigenvalue weighted by Gasteiger charge is -2.19. The van der Waals surface area contributed by atoms with E-state index in [0.717, 1.165) is 24.3 Å². The van der Waals surface area contributed by atoms with Crippen LogP contribution in [0.4, 0.5) is 0 Å². The van der Waals surface area contributed by atoms with Gasteiger partial charge in [0.25, 0.3) is 0 Å². The van der Waals surface area contributed by atoms with E-state index in [4.69, 9.17) is 4.42 Å². The van der Waals surface area contributed by atoms with Crippen molar-refractivity contribution in [3.63, 3.8) is 0 Å². The summed E-state index contributed by atoms with van der Waals surface area (Å²) in [6, 6.07) is 8.86. The molecule has 2 heteroatoms. The van der Waals surface area contributed by atoms with Crippen LogP contribution in [0.2, 0.25) is 0 Å². The smallest absolute Gasteiger partial charge is 0.134 e. The Morgan fingerprint density at radius 2 is 1.90 bits per heavy atom. The fourth-order valence-electron chi connectivity index (χ4n) is 2.84. The monoisotopic (exact) mass is 273 g/mol. The lowest BCUT2D eigenvalue weighted by molar-refractivity contribution is 0.464. The summed E-state index contributed by atoms with van der Waals surface area (Å²) in [6.45, 7) is 7.72. The maximum absolute atomic E-state index is 6.05. The van der Waals surface area contributed by atoms with Crippen LogP contribution in [0.25, 0.3) is 11.0 Å². The Bertz CT molecular complexity index is 521. The quantitative estimate of drug-likeness (QED) is 0.712. The molecule has 0 bridgehead atoms. The van der Waals surface area contributed by atoms with Gasteiger partial charge in [-0.2, -0.15) is 0 Å². The Morgan fingerprint density at radius 3 is 2.60 bits per heavy atom. The Labute approximate surface area is 122 Å². The molecule has 0 amide bonds. The average molecular weight is 273 g/mol. The third-order valence-corrected chi connectivity index (χ3v) is 3.87. The molecule has 1 atom stereocenters. The molecule has 0 spiro atoms. The first kappa shape index (κ1) is 15.1. The first-order chi connectivity index (χ1) is 9.81. The van der Waals surface area contributed by atoms with Crippen LogP contribution in [-0.2, 0) is 6.42 Å². The molecular weight excluding hydrogens is 246 g/mol. The number of aryl methyl sites for hydroxylation is 1. The molecule has 2 nitrogen and oxygen atoms in total. The van der Waals surface area contributed by atoms with Gasteiger partial charge in [0.15, 0.2) is 0 Å². The maximum Gasteiger partial charge on any atom is 0.134 e. The molecule has 0 saturated carbocycles. The second-order valence-electron chi connectivity index (χ2n) is 5.44. The summed E-state index contributed by atoms with van der Waals surface area (Å²) in [5, 5.41) is 5.00. The second kappa shape index (κ2) is 7.49. The predicted molar refractivity (Wildman–Crippen MR) is 86.2 cm³/mol. The van der Waals surface area contributed by atoms with Crippen molar-refractivity contribution < 1.29 is 4.42 Å². The van der Waals surface area contributed by atoms with E-state index in [1.807, 2.05) is 0 Å². The van der Waals surface area contributed by atoms with Gasteiger partial charge >= 0.3 is 0 Å². The zero-order chi connectivity index (χ0) is 14.4.